The van der Waals surface area contributed by atoms with Crippen LogP contribution in [0.2, 0.25) is 0 Å². The molecule has 0 spiro atoms. The van der Waals surface area contributed by atoms with Gasteiger partial charge in [0.2, 0.25) is 6.41 Å². The van der Waals surface area contributed by atoms with Gasteiger partial charge in [0.15, 0.2) is 0 Å². The lowest BCUT2D eigenvalue weighted by molar-refractivity contribution is -0.139. The molecule has 0 bridgehead atoms. The highest BCUT2D eigenvalue weighted by atomic mass is 16.2. The molecule has 0 atom stereocenters. The molecule has 3 amide bonds. The summed E-state index contributed by atoms with van der Waals surface area (Å²) in [4.78, 5) is 32.4. The monoisotopic (exact) mass is 243 g/mol. The summed E-state index contributed by atoms with van der Waals surface area (Å²) in [5, 5.41) is 7.48. The minimum Gasteiger partial charge on any atom is -0.359 e. The number of carbonyl (C=O) groups is 3. The molecule has 0 aliphatic carbocycles. The van der Waals surface area contributed by atoms with E-state index in [1.807, 2.05) is 13.8 Å². The predicted octanol–water partition coefficient (Wildman–Crippen LogP) is -0.599. The second-order valence-electron chi connectivity index (χ2n) is 4.12. The van der Waals surface area contributed by atoms with Gasteiger partial charge in [0.25, 0.3) is 0 Å². The maximum Gasteiger partial charge on any atom is 0.309 e. The molecule has 0 radical (unpaired) electrons. The average Bonchev–Trinajstić information content (AvgIpc) is 2.27. The Morgan fingerprint density at radius 2 is 1.65 bits per heavy atom. The van der Waals surface area contributed by atoms with Crippen LogP contribution in [0.5, 0.6) is 0 Å². The van der Waals surface area contributed by atoms with E-state index in [2.05, 4.69) is 16.0 Å². The number of amides is 3. The molecule has 6 nitrogen and oxygen atoms in total. The van der Waals surface area contributed by atoms with Crippen molar-refractivity contribution in [2.24, 2.45) is 5.92 Å². The number of hydrogen-bond acceptors (Lipinski definition) is 3. The van der Waals surface area contributed by atoms with Gasteiger partial charge < -0.3 is 16.0 Å². The van der Waals surface area contributed by atoms with Gasteiger partial charge in [0.05, 0.1) is 0 Å². The highest BCUT2D eigenvalue weighted by Crippen LogP contribution is 1.95. The van der Waals surface area contributed by atoms with Crippen LogP contribution < -0.4 is 16.0 Å². The van der Waals surface area contributed by atoms with Crippen molar-refractivity contribution in [1.82, 2.24) is 16.0 Å². The fourth-order valence-corrected chi connectivity index (χ4v) is 1.09. The van der Waals surface area contributed by atoms with Crippen molar-refractivity contribution in [3.05, 3.63) is 0 Å². The predicted molar refractivity (Wildman–Crippen MR) is 64.2 cm³/mol. The van der Waals surface area contributed by atoms with Gasteiger partial charge in [-0.3, -0.25) is 14.4 Å². The van der Waals surface area contributed by atoms with E-state index in [9.17, 15) is 14.4 Å². The van der Waals surface area contributed by atoms with Crippen LogP contribution in [0, 0.1) is 5.92 Å². The molecule has 0 rings (SSSR count). The topological polar surface area (TPSA) is 87.3 Å². The average molecular weight is 243 g/mol. The zero-order chi connectivity index (χ0) is 13.1. The van der Waals surface area contributed by atoms with Crippen LogP contribution in [0.15, 0.2) is 0 Å². The molecule has 0 saturated carbocycles. The lowest BCUT2D eigenvalue weighted by Gasteiger charge is -2.07. The number of rotatable bonds is 8. The summed E-state index contributed by atoms with van der Waals surface area (Å²) < 4.78 is 0. The Balaban J connectivity index is 3.54. The van der Waals surface area contributed by atoms with Crippen LogP contribution in [-0.4, -0.2) is 37.9 Å². The Hall–Kier alpha value is -1.59. The Labute approximate surface area is 102 Å². The first kappa shape index (κ1) is 15.4. The molecule has 0 heterocycles. The van der Waals surface area contributed by atoms with Crippen molar-refractivity contribution in [1.29, 1.82) is 0 Å². The molecule has 6 heteroatoms. The van der Waals surface area contributed by atoms with Gasteiger partial charge in [-0.1, -0.05) is 13.8 Å². The van der Waals surface area contributed by atoms with Gasteiger partial charge >= 0.3 is 11.8 Å². The van der Waals surface area contributed by atoms with E-state index in [1.54, 1.807) is 0 Å². The molecule has 17 heavy (non-hydrogen) atoms. The smallest absolute Gasteiger partial charge is 0.309 e. The van der Waals surface area contributed by atoms with Crippen LogP contribution in [0.1, 0.15) is 26.7 Å². The summed E-state index contributed by atoms with van der Waals surface area (Å²) >= 11 is 0. The molecule has 0 aliphatic rings. The third kappa shape index (κ3) is 9.35. The number of carbonyl (C=O) groups excluding carboxylic acids is 3. The Kier molecular flexibility index (Phi) is 8.72. The fraction of sp³-hybridized carbons (Fsp3) is 0.727. The first-order chi connectivity index (χ1) is 8.07. The molecule has 3 N–H and O–H groups in total. The third-order valence-corrected chi connectivity index (χ3v) is 2.08. The van der Waals surface area contributed by atoms with Crippen LogP contribution in [0.25, 0.3) is 0 Å². The summed E-state index contributed by atoms with van der Waals surface area (Å²) in [6.45, 7) is 5.46. The maximum atomic E-state index is 11.2. The van der Waals surface area contributed by atoms with Gasteiger partial charge in [0, 0.05) is 19.6 Å². The van der Waals surface area contributed by atoms with Gasteiger partial charge in [-0.2, -0.15) is 0 Å². The molecule has 0 fully saturated rings. The summed E-state index contributed by atoms with van der Waals surface area (Å²) in [5.41, 5.74) is 0. The van der Waals surface area contributed by atoms with E-state index in [0.29, 0.717) is 38.4 Å². The van der Waals surface area contributed by atoms with Gasteiger partial charge in [0.1, 0.15) is 0 Å². The number of nitrogens with one attached hydrogen (secondary N) is 3. The second-order valence-corrected chi connectivity index (χ2v) is 4.12. The largest absolute Gasteiger partial charge is 0.359 e. The SMILES string of the molecule is CC(C)CCNC(=O)C(=O)NCCCNC=O. The molecular formula is C11H21N3O3. The van der Waals surface area contributed by atoms with Crippen LogP contribution in [0.3, 0.4) is 0 Å². The van der Waals surface area contributed by atoms with Crippen molar-refractivity contribution in [3.8, 4) is 0 Å². The zero-order valence-electron chi connectivity index (χ0n) is 10.4. The molecule has 98 valence electrons. The third-order valence-electron chi connectivity index (χ3n) is 2.08. The lowest BCUT2D eigenvalue weighted by atomic mass is 10.1. The summed E-state index contributed by atoms with van der Waals surface area (Å²) in [7, 11) is 0. The standard InChI is InChI=1S/C11H21N3O3/c1-9(2)4-7-14-11(17)10(16)13-6-3-5-12-8-15/h8-9H,3-7H2,1-2H3,(H,12,15)(H,13,16)(H,14,17). The van der Waals surface area contributed by atoms with E-state index in [-0.39, 0.29) is 0 Å². The molecule has 0 saturated heterocycles. The number of hydrogen-bond donors (Lipinski definition) is 3. The van der Waals surface area contributed by atoms with Crippen molar-refractivity contribution in [2.45, 2.75) is 26.7 Å². The van der Waals surface area contributed by atoms with Gasteiger partial charge in [-0.25, -0.2) is 0 Å². The summed E-state index contributed by atoms with van der Waals surface area (Å²) in [5.74, 6) is -0.735. The highest BCUT2D eigenvalue weighted by molar-refractivity contribution is 6.35. The molecule has 0 aromatic heterocycles. The summed E-state index contributed by atoms with van der Waals surface area (Å²) in [6.07, 6.45) is 2.05. The fourth-order valence-electron chi connectivity index (χ4n) is 1.09. The maximum absolute atomic E-state index is 11.2. The first-order valence-electron chi connectivity index (χ1n) is 5.81. The lowest BCUT2D eigenvalue weighted by Crippen LogP contribution is -2.41. The first-order valence-corrected chi connectivity index (χ1v) is 5.81. The van der Waals surface area contributed by atoms with E-state index < -0.39 is 11.8 Å². The Morgan fingerprint density at radius 1 is 1.06 bits per heavy atom. The van der Waals surface area contributed by atoms with Crippen molar-refractivity contribution >= 4 is 18.2 Å². The van der Waals surface area contributed by atoms with E-state index in [1.165, 1.54) is 0 Å². The minimum atomic E-state index is -0.625. The Morgan fingerprint density at radius 3 is 2.18 bits per heavy atom. The van der Waals surface area contributed by atoms with Gasteiger partial charge in [-0.05, 0) is 18.8 Å². The van der Waals surface area contributed by atoms with E-state index in [4.69, 9.17) is 0 Å². The zero-order valence-corrected chi connectivity index (χ0v) is 10.4. The highest BCUT2D eigenvalue weighted by Gasteiger charge is 2.11. The van der Waals surface area contributed by atoms with E-state index >= 15 is 0 Å². The molecular weight excluding hydrogens is 222 g/mol. The quantitative estimate of drug-likeness (QED) is 0.302. The van der Waals surface area contributed by atoms with Gasteiger partial charge in [-0.15, -0.1) is 0 Å². The van der Waals surface area contributed by atoms with Crippen molar-refractivity contribution < 1.29 is 14.4 Å². The molecule has 0 unspecified atom stereocenters. The van der Waals surface area contributed by atoms with Crippen LogP contribution in [-0.2, 0) is 14.4 Å². The molecule has 0 aromatic carbocycles. The molecule has 0 aromatic rings. The summed E-state index contributed by atoms with van der Waals surface area (Å²) in [6, 6.07) is 0. The van der Waals surface area contributed by atoms with Crippen molar-refractivity contribution in [2.75, 3.05) is 19.6 Å². The molecule has 0 aliphatic heterocycles. The Bertz CT molecular complexity index is 254. The van der Waals surface area contributed by atoms with Crippen LogP contribution >= 0.6 is 0 Å². The van der Waals surface area contributed by atoms with E-state index in [0.717, 1.165) is 6.42 Å². The van der Waals surface area contributed by atoms with Crippen LogP contribution in [0.4, 0.5) is 0 Å². The second kappa shape index (κ2) is 9.62. The minimum absolute atomic E-state index is 0.372. The normalized spacial score (nSPS) is 9.82. The van der Waals surface area contributed by atoms with Crippen molar-refractivity contribution in [3.63, 3.8) is 0 Å².